The first-order valence-electron chi connectivity index (χ1n) is 7.14. The second-order valence-electron chi connectivity index (χ2n) is 5.09. The van der Waals surface area contributed by atoms with Gasteiger partial charge in [-0.25, -0.2) is 0 Å². The lowest BCUT2D eigenvalue weighted by atomic mass is 10.00. The van der Waals surface area contributed by atoms with E-state index in [-0.39, 0.29) is 11.4 Å². The Balaban J connectivity index is 2.32. The van der Waals surface area contributed by atoms with Crippen LogP contribution in [0.25, 0.3) is 22.0 Å². The molecule has 7 heteroatoms. The van der Waals surface area contributed by atoms with Gasteiger partial charge in [-0.05, 0) is 18.2 Å². The third-order valence-corrected chi connectivity index (χ3v) is 3.76. The molecule has 1 heterocycles. The molecule has 0 atom stereocenters. The zero-order valence-electron chi connectivity index (χ0n) is 13.2. The molecule has 0 spiro atoms. The van der Waals surface area contributed by atoms with E-state index in [9.17, 15) is 4.79 Å². The predicted octanol–water partition coefficient (Wildman–Crippen LogP) is 2.00. The number of carbonyl (C=O) groups excluding carboxylic acids is 1. The van der Waals surface area contributed by atoms with Gasteiger partial charge in [0.25, 0.3) is 5.91 Å². The molecule has 1 aromatic heterocycles. The van der Waals surface area contributed by atoms with E-state index in [2.05, 4.69) is 10.2 Å². The van der Waals surface area contributed by atoms with Crippen molar-refractivity contribution in [3.05, 3.63) is 42.1 Å². The number of rotatable bonds is 4. The molecule has 1 amide bonds. The van der Waals surface area contributed by atoms with Crippen LogP contribution in [-0.4, -0.2) is 30.3 Å². The van der Waals surface area contributed by atoms with Crippen molar-refractivity contribution in [1.29, 1.82) is 0 Å². The number of benzene rings is 2. The lowest BCUT2D eigenvalue weighted by Crippen LogP contribution is -2.16. The number of anilines is 1. The number of nitrogen functional groups attached to an aromatic ring is 1. The number of amides is 1. The summed E-state index contributed by atoms with van der Waals surface area (Å²) in [6, 6.07) is 10.9. The van der Waals surface area contributed by atoms with Crippen LogP contribution in [0.1, 0.15) is 10.5 Å². The third-order valence-electron chi connectivity index (χ3n) is 3.76. The first-order valence-corrected chi connectivity index (χ1v) is 7.14. The van der Waals surface area contributed by atoms with E-state index in [0.717, 1.165) is 11.1 Å². The number of primary amides is 1. The maximum absolute atomic E-state index is 11.4. The van der Waals surface area contributed by atoms with Crippen LogP contribution in [0.4, 0.5) is 5.69 Å². The molecule has 0 aliphatic heterocycles. The van der Waals surface area contributed by atoms with Crippen molar-refractivity contribution in [2.45, 2.75) is 0 Å². The van der Waals surface area contributed by atoms with Crippen LogP contribution in [-0.2, 0) is 0 Å². The Bertz CT molecular complexity index is 941. The summed E-state index contributed by atoms with van der Waals surface area (Å²) in [5.74, 6) is 0.617. The Kier molecular flexibility index (Phi) is 3.91. The van der Waals surface area contributed by atoms with Gasteiger partial charge in [0.1, 0.15) is 17.0 Å². The lowest BCUT2D eigenvalue weighted by Gasteiger charge is -2.13. The largest absolute Gasteiger partial charge is 0.497 e. The summed E-state index contributed by atoms with van der Waals surface area (Å²) in [4.78, 5) is 11.4. The lowest BCUT2D eigenvalue weighted by molar-refractivity contribution is 0.0996. The predicted molar refractivity (Wildman–Crippen MR) is 91.0 cm³/mol. The van der Waals surface area contributed by atoms with Crippen LogP contribution >= 0.6 is 0 Å². The first-order chi connectivity index (χ1) is 11.6. The van der Waals surface area contributed by atoms with Gasteiger partial charge in [-0.3, -0.25) is 4.79 Å². The second-order valence-corrected chi connectivity index (χ2v) is 5.09. The van der Waals surface area contributed by atoms with Crippen molar-refractivity contribution in [3.63, 3.8) is 0 Å². The minimum Gasteiger partial charge on any atom is -0.497 e. The molecule has 0 saturated heterocycles. The standard InChI is InChI=1S/C17H16N4O3/c1-23-9-6-7-13(24-2)12(8-9)10-4-3-5-11-14(18)16(17(19)22)21-20-15(10)11/h3-8H,1-2H3,(H2,18,20)(H2,19,22). The maximum Gasteiger partial charge on any atom is 0.271 e. The van der Waals surface area contributed by atoms with Gasteiger partial charge in [0.2, 0.25) is 0 Å². The number of nitrogens with zero attached hydrogens (tertiary/aromatic N) is 2. The van der Waals surface area contributed by atoms with Crippen molar-refractivity contribution in [2.75, 3.05) is 20.0 Å². The van der Waals surface area contributed by atoms with E-state index in [1.165, 1.54) is 0 Å². The fraction of sp³-hybridized carbons (Fsp3) is 0.118. The molecule has 2 aromatic carbocycles. The Morgan fingerprint density at radius 3 is 2.50 bits per heavy atom. The fourth-order valence-electron chi connectivity index (χ4n) is 2.57. The summed E-state index contributed by atoms with van der Waals surface area (Å²) in [6.45, 7) is 0. The molecule has 122 valence electrons. The van der Waals surface area contributed by atoms with Gasteiger partial charge in [-0.1, -0.05) is 18.2 Å². The number of hydrogen-bond donors (Lipinski definition) is 2. The van der Waals surface area contributed by atoms with Crippen molar-refractivity contribution < 1.29 is 14.3 Å². The summed E-state index contributed by atoms with van der Waals surface area (Å²) in [7, 11) is 3.17. The van der Waals surface area contributed by atoms with Crippen molar-refractivity contribution >= 4 is 22.5 Å². The Morgan fingerprint density at radius 1 is 1.04 bits per heavy atom. The zero-order chi connectivity index (χ0) is 17.3. The SMILES string of the molecule is COc1ccc(OC)c(-c2cccc3c(N)c(C(N)=O)nnc23)c1. The second kappa shape index (κ2) is 6.04. The highest BCUT2D eigenvalue weighted by Gasteiger charge is 2.17. The van der Waals surface area contributed by atoms with Crippen LogP contribution in [0.2, 0.25) is 0 Å². The van der Waals surface area contributed by atoms with Gasteiger partial charge in [-0.15, -0.1) is 10.2 Å². The van der Waals surface area contributed by atoms with E-state index < -0.39 is 5.91 Å². The average Bonchev–Trinajstić information content (AvgIpc) is 2.60. The number of methoxy groups -OCH3 is 2. The topological polar surface area (TPSA) is 113 Å². The molecule has 24 heavy (non-hydrogen) atoms. The minimum absolute atomic E-state index is 0.0442. The van der Waals surface area contributed by atoms with Crippen LogP contribution < -0.4 is 20.9 Å². The molecular weight excluding hydrogens is 308 g/mol. The van der Waals surface area contributed by atoms with Crippen LogP contribution in [0.5, 0.6) is 11.5 Å². The highest BCUT2D eigenvalue weighted by molar-refractivity contribution is 6.07. The Labute approximate surface area is 138 Å². The molecule has 0 saturated carbocycles. The molecule has 0 unspecified atom stereocenters. The van der Waals surface area contributed by atoms with E-state index in [1.807, 2.05) is 24.3 Å². The summed E-state index contributed by atoms with van der Waals surface area (Å²) >= 11 is 0. The molecule has 4 N–H and O–H groups in total. The van der Waals surface area contributed by atoms with Gasteiger partial charge >= 0.3 is 0 Å². The van der Waals surface area contributed by atoms with E-state index in [4.69, 9.17) is 20.9 Å². The number of aromatic nitrogens is 2. The summed E-state index contributed by atoms with van der Waals surface area (Å²) in [6.07, 6.45) is 0. The molecule has 0 fully saturated rings. The third kappa shape index (κ3) is 2.45. The summed E-state index contributed by atoms with van der Waals surface area (Å²) in [5.41, 5.74) is 13.6. The average molecular weight is 324 g/mol. The number of ether oxygens (including phenoxy) is 2. The van der Waals surface area contributed by atoms with Crippen molar-refractivity contribution in [1.82, 2.24) is 10.2 Å². The quantitative estimate of drug-likeness (QED) is 0.759. The molecule has 3 rings (SSSR count). The van der Waals surface area contributed by atoms with Crippen molar-refractivity contribution in [3.8, 4) is 22.6 Å². The fourth-order valence-corrected chi connectivity index (χ4v) is 2.57. The highest BCUT2D eigenvalue weighted by atomic mass is 16.5. The molecular formula is C17H16N4O3. The molecule has 0 aliphatic carbocycles. The summed E-state index contributed by atoms with van der Waals surface area (Å²) in [5, 5.41) is 8.61. The Morgan fingerprint density at radius 2 is 1.83 bits per heavy atom. The maximum atomic E-state index is 11.4. The number of hydrogen-bond acceptors (Lipinski definition) is 6. The van der Waals surface area contributed by atoms with Gasteiger partial charge in [0.15, 0.2) is 5.69 Å². The number of nitrogens with two attached hydrogens (primary N) is 2. The van der Waals surface area contributed by atoms with E-state index in [1.54, 1.807) is 26.4 Å². The number of fused-ring (bicyclic) bond motifs is 1. The normalized spacial score (nSPS) is 10.6. The Hall–Kier alpha value is -3.35. The van der Waals surface area contributed by atoms with Gasteiger partial charge < -0.3 is 20.9 Å². The monoisotopic (exact) mass is 324 g/mol. The zero-order valence-corrected chi connectivity index (χ0v) is 13.2. The number of carbonyl (C=O) groups is 1. The van der Waals surface area contributed by atoms with Gasteiger partial charge in [0.05, 0.1) is 19.9 Å². The van der Waals surface area contributed by atoms with Gasteiger partial charge in [0, 0.05) is 16.5 Å². The molecule has 3 aromatic rings. The van der Waals surface area contributed by atoms with Crippen LogP contribution in [0.3, 0.4) is 0 Å². The van der Waals surface area contributed by atoms with E-state index in [0.29, 0.717) is 22.4 Å². The smallest absolute Gasteiger partial charge is 0.271 e. The first kappa shape index (κ1) is 15.5. The highest BCUT2D eigenvalue weighted by Crippen LogP contribution is 2.37. The summed E-state index contributed by atoms with van der Waals surface area (Å²) < 4.78 is 10.7. The van der Waals surface area contributed by atoms with Crippen LogP contribution in [0, 0.1) is 0 Å². The minimum atomic E-state index is -0.716. The molecule has 0 aliphatic rings. The van der Waals surface area contributed by atoms with E-state index >= 15 is 0 Å². The van der Waals surface area contributed by atoms with Gasteiger partial charge in [-0.2, -0.15) is 0 Å². The molecule has 0 radical (unpaired) electrons. The molecule has 7 nitrogen and oxygen atoms in total. The van der Waals surface area contributed by atoms with Crippen LogP contribution in [0.15, 0.2) is 36.4 Å². The molecule has 0 bridgehead atoms. The van der Waals surface area contributed by atoms with Crippen molar-refractivity contribution in [2.24, 2.45) is 5.73 Å².